The molecule has 1 aromatic carbocycles. The molecule has 0 aromatic heterocycles. The molecule has 1 rings (SSSR count). The quantitative estimate of drug-likeness (QED) is 0.744. The van der Waals surface area contributed by atoms with Gasteiger partial charge in [0.2, 0.25) is 0 Å². The third-order valence-electron chi connectivity index (χ3n) is 2.15. The van der Waals surface area contributed by atoms with Crippen molar-refractivity contribution in [3.63, 3.8) is 0 Å². The summed E-state index contributed by atoms with van der Waals surface area (Å²) in [7, 11) is 1.84. The van der Waals surface area contributed by atoms with E-state index < -0.39 is 0 Å². The van der Waals surface area contributed by atoms with Crippen LogP contribution < -0.4 is 10.1 Å². The molecule has 1 aromatic rings. The molecule has 0 atom stereocenters. The van der Waals surface area contributed by atoms with Gasteiger partial charge >= 0.3 is 0 Å². The summed E-state index contributed by atoms with van der Waals surface area (Å²) in [6.45, 7) is 1.19. The van der Waals surface area contributed by atoms with Gasteiger partial charge in [0, 0.05) is 12.1 Å². The molecule has 0 radical (unpaired) electrons. The van der Waals surface area contributed by atoms with Crippen molar-refractivity contribution in [3.8, 4) is 5.75 Å². The summed E-state index contributed by atoms with van der Waals surface area (Å²) in [4.78, 5) is 0. The lowest BCUT2D eigenvalue weighted by Gasteiger charge is -2.11. The summed E-state index contributed by atoms with van der Waals surface area (Å²) >= 11 is 1.77. The Bertz CT molecular complexity index is 320. The smallest absolute Gasteiger partial charge is 0.165 e. The first kappa shape index (κ1) is 13.3. The van der Waals surface area contributed by atoms with Crippen LogP contribution in [-0.4, -0.2) is 25.7 Å². The molecule has 0 aliphatic carbocycles. The molecule has 0 saturated carbocycles. The molecule has 0 fully saturated rings. The highest BCUT2D eigenvalue weighted by Gasteiger charge is 2.08. The van der Waals surface area contributed by atoms with Gasteiger partial charge < -0.3 is 10.1 Å². The number of thioether (sulfide) groups is 1. The molecule has 0 saturated heterocycles. The molecule has 4 heteroatoms. The van der Waals surface area contributed by atoms with Crippen molar-refractivity contribution >= 4 is 11.8 Å². The molecule has 0 aliphatic rings. The SMILES string of the molecule is CNCc1cccc(F)c1OCCCSC. The fourth-order valence-corrected chi connectivity index (χ4v) is 1.83. The van der Waals surface area contributed by atoms with Crippen LogP contribution in [-0.2, 0) is 6.54 Å². The lowest BCUT2D eigenvalue weighted by atomic mass is 10.2. The minimum atomic E-state index is -0.281. The number of ether oxygens (including phenoxy) is 1. The number of para-hydroxylation sites is 1. The average molecular weight is 243 g/mol. The van der Waals surface area contributed by atoms with E-state index in [1.807, 2.05) is 13.1 Å². The van der Waals surface area contributed by atoms with Crippen molar-refractivity contribution in [3.05, 3.63) is 29.6 Å². The van der Waals surface area contributed by atoms with E-state index in [4.69, 9.17) is 4.74 Å². The van der Waals surface area contributed by atoms with Crippen molar-refractivity contribution in [2.75, 3.05) is 25.7 Å². The molecule has 1 N–H and O–H groups in total. The van der Waals surface area contributed by atoms with Crippen LogP contribution in [0.5, 0.6) is 5.75 Å². The minimum absolute atomic E-state index is 0.281. The normalized spacial score (nSPS) is 10.4. The van der Waals surface area contributed by atoms with Gasteiger partial charge in [0.25, 0.3) is 0 Å². The zero-order chi connectivity index (χ0) is 11.8. The van der Waals surface area contributed by atoms with Gasteiger partial charge in [-0.25, -0.2) is 4.39 Å². The third kappa shape index (κ3) is 4.02. The second-order valence-corrected chi connectivity index (χ2v) is 4.44. The monoisotopic (exact) mass is 243 g/mol. The second-order valence-electron chi connectivity index (χ2n) is 3.45. The van der Waals surface area contributed by atoms with E-state index in [-0.39, 0.29) is 5.82 Å². The molecular formula is C12H18FNOS. The zero-order valence-corrected chi connectivity index (χ0v) is 10.6. The number of hydrogen-bond donors (Lipinski definition) is 1. The molecule has 0 bridgehead atoms. The van der Waals surface area contributed by atoms with Crippen LogP contribution in [0.2, 0.25) is 0 Å². The highest BCUT2D eigenvalue weighted by Crippen LogP contribution is 2.22. The molecule has 0 amide bonds. The number of nitrogens with one attached hydrogen (secondary N) is 1. The van der Waals surface area contributed by atoms with E-state index >= 15 is 0 Å². The maximum atomic E-state index is 13.5. The topological polar surface area (TPSA) is 21.3 Å². The summed E-state index contributed by atoms with van der Waals surface area (Å²) in [6, 6.07) is 5.02. The average Bonchev–Trinajstić information content (AvgIpc) is 2.28. The van der Waals surface area contributed by atoms with E-state index in [9.17, 15) is 4.39 Å². The Labute approximate surface area is 101 Å². The van der Waals surface area contributed by atoms with Crippen LogP contribution in [0.1, 0.15) is 12.0 Å². The maximum Gasteiger partial charge on any atom is 0.165 e. The van der Waals surface area contributed by atoms with E-state index in [0.717, 1.165) is 17.7 Å². The van der Waals surface area contributed by atoms with Crippen molar-refractivity contribution in [1.29, 1.82) is 0 Å². The number of hydrogen-bond acceptors (Lipinski definition) is 3. The predicted molar refractivity (Wildman–Crippen MR) is 67.7 cm³/mol. The van der Waals surface area contributed by atoms with Crippen LogP contribution in [0.4, 0.5) is 4.39 Å². The van der Waals surface area contributed by atoms with Gasteiger partial charge in [-0.1, -0.05) is 12.1 Å². The summed E-state index contributed by atoms with van der Waals surface area (Å²) < 4.78 is 19.0. The van der Waals surface area contributed by atoms with E-state index in [1.165, 1.54) is 6.07 Å². The Morgan fingerprint density at radius 3 is 2.94 bits per heavy atom. The first-order valence-electron chi connectivity index (χ1n) is 5.33. The fraction of sp³-hybridized carbons (Fsp3) is 0.500. The molecule has 0 spiro atoms. The predicted octanol–water partition coefficient (Wildman–Crippen LogP) is 2.68. The summed E-state index contributed by atoms with van der Waals surface area (Å²) in [5.41, 5.74) is 0.867. The molecule has 90 valence electrons. The Balaban J connectivity index is 2.61. The molecule has 0 unspecified atom stereocenters. The number of halogens is 1. The molecule has 2 nitrogen and oxygen atoms in total. The van der Waals surface area contributed by atoms with Gasteiger partial charge in [-0.3, -0.25) is 0 Å². The first-order valence-corrected chi connectivity index (χ1v) is 6.72. The van der Waals surface area contributed by atoms with Crippen LogP contribution in [0, 0.1) is 5.82 Å². The Hall–Kier alpha value is -0.740. The Kier molecular flexibility index (Phi) is 6.26. The van der Waals surface area contributed by atoms with Crippen molar-refractivity contribution in [2.45, 2.75) is 13.0 Å². The standard InChI is InChI=1S/C12H18FNOS/c1-14-9-10-5-3-6-11(13)12(10)15-7-4-8-16-2/h3,5-6,14H,4,7-9H2,1-2H3. The molecule has 16 heavy (non-hydrogen) atoms. The van der Waals surface area contributed by atoms with E-state index in [0.29, 0.717) is 18.9 Å². The molecular weight excluding hydrogens is 225 g/mol. The highest BCUT2D eigenvalue weighted by molar-refractivity contribution is 7.98. The summed E-state index contributed by atoms with van der Waals surface area (Å²) in [6.07, 6.45) is 2.99. The third-order valence-corrected chi connectivity index (χ3v) is 2.85. The van der Waals surface area contributed by atoms with Crippen LogP contribution in [0.3, 0.4) is 0 Å². The van der Waals surface area contributed by atoms with E-state index in [2.05, 4.69) is 11.6 Å². The van der Waals surface area contributed by atoms with Crippen molar-refractivity contribution < 1.29 is 9.13 Å². The fourth-order valence-electron chi connectivity index (χ4n) is 1.42. The number of rotatable bonds is 7. The highest BCUT2D eigenvalue weighted by atomic mass is 32.2. The number of benzene rings is 1. The molecule has 0 aliphatic heterocycles. The Morgan fingerprint density at radius 2 is 2.25 bits per heavy atom. The van der Waals surface area contributed by atoms with Crippen molar-refractivity contribution in [1.82, 2.24) is 5.32 Å². The van der Waals surface area contributed by atoms with Gasteiger partial charge in [0.05, 0.1) is 6.61 Å². The van der Waals surface area contributed by atoms with Crippen LogP contribution in [0.15, 0.2) is 18.2 Å². The summed E-state index contributed by atoms with van der Waals surface area (Å²) in [5.74, 6) is 1.14. The van der Waals surface area contributed by atoms with Gasteiger partial charge in [-0.15, -0.1) is 0 Å². The van der Waals surface area contributed by atoms with E-state index in [1.54, 1.807) is 17.8 Å². The second kappa shape index (κ2) is 7.52. The van der Waals surface area contributed by atoms with Crippen LogP contribution in [0.25, 0.3) is 0 Å². The maximum absolute atomic E-state index is 13.5. The van der Waals surface area contributed by atoms with Crippen LogP contribution >= 0.6 is 11.8 Å². The molecule has 0 heterocycles. The lowest BCUT2D eigenvalue weighted by molar-refractivity contribution is 0.298. The van der Waals surface area contributed by atoms with Gasteiger partial charge in [-0.2, -0.15) is 11.8 Å². The first-order chi connectivity index (χ1) is 7.79. The van der Waals surface area contributed by atoms with Gasteiger partial charge in [0.1, 0.15) is 0 Å². The summed E-state index contributed by atoms with van der Waals surface area (Å²) in [5, 5.41) is 3.00. The van der Waals surface area contributed by atoms with Gasteiger partial charge in [-0.05, 0) is 31.5 Å². The van der Waals surface area contributed by atoms with Gasteiger partial charge in [0.15, 0.2) is 11.6 Å². The minimum Gasteiger partial charge on any atom is -0.490 e. The lowest BCUT2D eigenvalue weighted by Crippen LogP contribution is -2.09. The largest absolute Gasteiger partial charge is 0.490 e. The van der Waals surface area contributed by atoms with Crippen molar-refractivity contribution in [2.24, 2.45) is 0 Å². The zero-order valence-electron chi connectivity index (χ0n) is 9.75. The Morgan fingerprint density at radius 1 is 1.44 bits per heavy atom.